The average Bonchev–Trinajstić information content (AvgIpc) is 3.16. The third-order valence-electron chi connectivity index (χ3n) is 4.09. The van der Waals surface area contributed by atoms with Gasteiger partial charge in [-0.1, -0.05) is 20.3 Å². The van der Waals surface area contributed by atoms with Gasteiger partial charge in [-0.2, -0.15) is 0 Å². The molecular weight excluding hydrogens is 256 g/mol. The van der Waals surface area contributed by atoms with Crippen LogP contribution in [0.2, 0.25) is 0 Å². The molecule has 19 heavy (non-hydrogen) atoms. The first-order valence-electron chi connectivity index (χ1n) is 7.12. The minimum Gasteiger partial charge on any atom is -0.310 e. The van der Waals surface area contributed by atoms with E-state index < -0.39 is 0 Å². The first-order valence-corrected chi connectivity index (χ1v) is 7.94. The summed E-state index contributed by atoms with van der Waals surface area (Å²) in [5, 5.41) is 0.840. The molecule has 2 aromatic heterocycles. The third-order valence-corrected chi connectivity index (χ3v) is 5.14. The lowest BCUT2D eigenvalue weighted by Crippen LogP contribution is -2.12. The molecule has 0 amide bonds. The normalized spacial score (nSPS) is 17.0. The van der Waals surface area contributed by atoms with E-state index in [4.69, 9.17) is 0 Å². The molecule has 0 aliphatic heterocycles. The Kier molecular flexibility index (Phi) is 3.21. The largest absolute Gasteiger partial charge is 0.310 e. The van der Waals surface area contributed by atoms with Gasteiger partial charge in [0.2, 0.25) is 0 Å². The maximum absolute atomic E-state index is 12.3. The summed E-state index contributed by atoms with van der Waals surface area (Å²) in [4.78, 5) is 22.2. The van der Waals surface area contributed by atoms with E-state index in [1.54, 1.807) is 11.3 Å². The van der Waals surface area contributed by atoms with E-state index in [9.17, 15) is 4.79 Å². The minimum absolute atomic E-state index is 0.0644. The molecular formula is C15H20N2OS. The fraction of sp³-hybridized carbons (Fsp3) is 0.600. The van der Waals surface area contributed by atoms with Crippen molar-refractivity contribution in [1.82, 2.24) is 9.97 Å². The van der Waals surface area contributed by atoms with Crippen molar-refractivity contribution in [1.29, 1.82) is 0 Å². The van der Waals surface area contributed by atoms with Crippen LogP contribution >= 0.6 is 11.3 Å². The fourth-order valence-corrected chi connectivity index (χ4v) is 3.54. The van der Waals surface area contributed by atoms with Gasteiger partial charge >= 0.3 is 0 Å². The lowest BCUT2D eigenvalue weighted by atomic mass is 9.98. The van der Waals surface area contributed by atoms with E-state index in [1.807, 2.05) is 0 Å². The summed E-state index contributed by atoms with van der Waals surface area (Å²) >= 11 is 1.67. The van der Waals surface area contributed by atoms with Gasteiger partial charge in [-0.05, 0) is 37.7 Å². The number of thiophene rings is 1. The molecule has 0 unspecified atom stereocenters. The maximum Gasteiger partial charge on any atom is 0.259 e. The number of aromatic amines is 1. The van der Waals surface area contributed by atoms with Gasteiger partial charge in [0, 0.05) is 10.8 Å². The molecule has 1 aliphatic carbocycles. The molecule has 0 bridgehead atoms. The molecule has 0 spiro atoms. The Bertz CT molecular complexity index is 667. The second-order valence-electron chi connectivity index (χ2n) is 5.76. The number of nitrogens with one attached hydrogen (secondary N) is 1. The van der Waals surface area contributed by atoms with Crippen LogP contribution in [0.5, 0.6) is 0 Å². The number of aromatic nitrogens is 2. The Morgan fingerprint density at radius 3 is 2.84 bits per heavy atom. The van der Waals surface area contributed by atoms with Gasteiger partial charge in [-0.15, -0.1) is 11.3 Å². The summed E-state index contributed by atoms with van der Waals surface area (Å²) in [6.07, 6.45) is 4.45. The van der Waals surface area contributed by atoms with Crippen molar-refractivity contribution >= 4 is 21.6 Å². The zero-order valence-corrected chi connectivity index (χ0v) is 12.6. The van der Waals surface area contributed by atoms with E-state index in [1.165, 1.54) is 23.3 Å². The van der Waals surface area contributed by atoms with Crippen LogP contribution in [0.1, 0.15) is 55.3 Å². The van der Waals surface area contributed by atoms with Crippen LogP contribution in [-0.4, -0.2) is 9.97 Å². The highest BCUT2D eigenvalue weighted by molar-refractivity contribution is 7.18. The Morgan fingerprint density at radius 1 is 1.47 bits per heavy atom. The second-order valence-corrected chi connectivity index (χ2v) is 6.96. The molecule has 0 saturated heterocycles. The molecule has 102 valence electrons. The predicted octanol–water partition coefficient (Wildman–Crippen LogP) is 3.76. The standard InChI is InChI=1S/C15H20N2OS/c1-4-8(2)7-11-9(3)19-15-12(11)14(18)16-13(17-15)10-5-6-10/h8,10H,4-7H2,1-3H3,(H,16,17,18)/t8-/m0/s1. The molecule has 1 aliphatic rings. The summed E-state index contributed by atoms with van der Waals surface area (Å²) in [5.41, 5.74) is 1.28. The van der Waals surface area contributed by atoms with E-state index in [0.29, 0.717) is 11.8 Å². The van der Waals surface area contributed by atoms with Crippen LogP contribution in [0.4, 0.5) is 0 Å². The highest BCUT2D eigenvalue weighted by Gasteiger charge is 2.27. The van der Waals surface area contributed by atoms with Gasteiger partial charge in [0.1, 0.15) is 10.7 Å². The summed E-state index contributed by atoms with van der Waals surface area (Å²) in [7, 11) is 0. The van der Waals surface area contributed by atoms with Crippen LogP contribution in [0.3, 0.4) is 0 Å². The lowest BCUT2D eigenvalue weighted by molar-refractivity contribution is 0.561. The van der Waals surface area contributed by atoms with Crippen molar-refractivity contribution in [3.63, 3.8) is 0 Å². The van der Waals surface area contributed by atoms with Gasteiger partial charge in [0.25, 0.3) is 5.56 Å². The average molecular weight is 276 g/mol. The van der Waals surface area contributed by atoms with Crippen molar-refractivity contribution in [2.24, 2.45) is 5.92 Å². The summed E-state index contributed by atoms with van der Waals surface area (Å²) < 4.78 is 0. The molecule has 1 N–H and O–H groups in total. The van der Waals surface area contributed by atoms with E-state index in [0.717, 1.165) is 28.9 Å². The van der Waals surface area contributed by atoms with Gasteiger partial charge < -0.3 is 4.98 Å². The SMILES string of the molecule is CC[C@H](C)Cc1c(C)sc2nc(C3CC3)[nH]c(=O)c12. The molecule has 3 nitrogen and oxygen atoms in total. The van der Waals surface area contributed by atoms with Crippen molar-refractivity contribution < 1.29 is 0 Å². The van der Waals surface area contributed by atoms with Gasteiger partial charge in [0.05, 0.1) is 5.39 Å². The molecule has 2 aromatic rings. The topological polar surface area (TPSA) is 45.8 Å². The number of H-pyrrole nitrogens is 1. The monoisotopic (exact) mass is 276 g/mol. The first-order chi connectivity index (χ1) is 9.10. The number of hydrogen-bond donors (Lipinski definition) is 1. The van der Waals surface area contributed by atoms with Gasteiger partial charge in [-0.3, -0.25) is 4.79 Å². The van der Waals surface area contributed by atoms with Crippen molar-refractivity contribution in [3.8, 4) is 0 Å². The van der Waals surface area contributed by atoms with Crippen LogP contribution in [0, 0.1) is 12.8 Å². The predicted molar refractivity (Wildman–Crippen MR) is 80.1 cm³/mol. The van der Waals surface area contributed by atoms with Crippen LogP contribution in [0.25, 0.3) is 10.2 Å². The first kappa shape index (κ1) is 12.9. The molecule has 3 rings (SSSR count). The molecule has 1 saturated carbocycles. The smallest absolute Gasteiger partial charge is 0.259 e. The number of nitrogens with zero attached hydrogens (tertiary/aromatic N) is 1. The highest BCUT2D eigenvalue weighted by atomic mass is 32.1. The molecule has 2 heterocycles. The van der Waals surface area contributed by atoms with Gasteiger partial charge in [-0.25, -0.2) is 4.98 Å². The Balaban J connectivity index is 2.12. The summed E-state index contributed by atoms with van der Waals surface area (Å²) in [5.74, 6) is 2.00. The Morgan fingerprint density at radius 2 is 2.21 bits per heavy atom. The number of aryl methyl sites for hydroxylation is 1. The quantitative estimate of drug-likeness (QED) is 0.924. The van der Waals surface area contributed by atoms with Crippen LogP contribution < -0.4 is 5.56 Å². The minimum atomic E-state index is 0.0644. The lowest BCUT2D eigenvalue weighted by Gasteiger charge is -2.08. The molecule has 4 heteroatoms. The zero-order chi connectivity index (χ0) is 13.6. The maximum atomic E-state index is 12.3. The number of fused-ring (bicyclic) bond motifs is 1. The molecule has 1 atom stereocenters. The van der Waals surface area contributed by atoms with Crippen molar-refractivity contribution in [2.75, 3.05) is 0 Å². The van der Waals surface area contributed by atoms with Gasteiger partial charge in [0.15, 0.2) is 0 Å². The highest BCUT2D eigenvalue weighted by Crippen LogP contribution is 2.39. The van der Waals surface area contributed by atoms with E-state index >= 15 is 0 Å². The molecule has 1 fully saturated rings. The summed E-state index contributed by atoms with van der Waals surface area (Å²) in [6, 6.07) is 0. The van der Waals surface area contributed by atoms with Crippen LogP contribution in [-0.2, 0) is 6.42 Å². The van der Waals surface area contributed by atoms with Crippen LogP contribution in [0.15, 0.2) is 4.79 Å². The Hall–Kier alpha value is -1.16. The third kappa shape index (κ3) is 2.34. The number of rotatable bonds is 4. The fourth-order valence-electron chi connectivity index (χ4n) is 2.48. The molecule has 0 aromatic carbocycles. The molecule has 0 radical (unpaired) electrons. The van der Waals surface area contributed by atoms with Crippen molar-refractivity contribution in [3.05, 3.63) is 26.6 Å². The van der Waals surface area contributed by atoms with E-state index in [2.05, 4.69) is 30.7 Å². The Labute approximate surface area is 117 Å². The van der Waals surface area contributed by atoms with E-state index in [-0.39, 0.29) is 5.56 Å². The number of hydrogen-bond acceptors (Lipinski definition) is 3. The van der Waals surface area contributed by atoms with Crippen molar-refractivity contribution in [2.45, 2.75) is 52.4 Å². The second kappa shape index (κ2) is 4.75. The zero-order valence-electron chi connectivity index (χ0n) is 11.7. The summed E-state index contributed by atoms with van der Waals surface area (Å²) in [6.45, 7) is 6.55.